The van der Waals surface area contributed by atoms with E-state index in [4.69, 9.17) is 9.47 Å². The molecule has 1 rings (SSSR count). The first-order valence-corrected chi connectivity index (χ1v) is 6.74. The molecular weight excluding hydrogens is 202 g/mol. The Morgan fingerprint density at radius 2 is 1.75 bits per heavy atom. The molecule has 0 aliphatic heterocycles. The van der Waals surface area contributed by atoms with Crippen LogP contribution in [0.2, 0.25) is 0 Å². The molecule has 0 amide bonds. The van der Waals surface area contributed by atoms with E-state index >= 15 is 0 Å². The largest absolute Gasteiger partial charge is 0.353 e. The fourth-order valence-corrected chi connectivity index (χ4v) is 2.30. The van der Waals surface area contributed by atoms with Gasteiger partial charge < -0.3 is 14.8 Å². The normalized spacial score (nSPS) is 18.8. The maximum absolute atomic E-state index is 5.52. The van der Waals surface area contributed by atoms with Gasteiger partial charge in [-0.1, -0.05) is 6.92 Å². The molecule has 0 atom stereocenters. The molecule has 16 heavy (non-hydrogen) atoms. The van der Waals surface area contributed by atoms with Gasteiger partial charge in [0.1, 0.15) is 0 Å². The highest BCUT2D eigenvalue weighted by molar-refractivity contribution is 4.94. The molecule has 3 nitrogen and oxygen atoms in total. The van der Waals surface area contributed by atoms with Gasteiger partial charge in [-0.25, -0.2) is 0 Å². The van der Waals surface area contributed by atoms with Gasteiger partial charge in [0.05, 0.1) is 0 Å². The number of hydrogen-bond donors (Lipinski definition) is 1. The standard InChI is InChI=1S/C13H27NO2/c1-4-13(9-7-10-13)14-11-8-12(15-5-2)16-6-3/h12,14H,4-11H2,1-3H3. The smallest absolute Gasteiger partial charge is 0.158 e. The lowest BCUT2D eigenvalue weighted by atomic mass is 9.75. The lowest BCUT2D eigenvalue weighted by Crippen LogP contribution is -2.51. The Labute approximate surface area is 99.9 Å². The van der Waals surface area contributed by atoms with Gasteiger partial charge >= 0.3 is 0 Å². The van der Waals surface area contributed by atoms with Crippen molar-refractivity contribution in [3.63, 3.8) is 0 Å². The van der Waals surface area contributed by atoms with E-state index in [-0.39, 0.29) is 6.29 Å². The molecule has 0 bridgehead atoms. The van der Waals surface area contributed by atoms with Crippen molar-refractivity contribution in [3.05, 3.63) is 0 Å². The molecule has 1 aliphatic carbocycles. The van der Waals surface area contributed by atoms with Gasteiger partial charge in [-0.2, -0.15) is 0 Å². The van der Waals surface area contributed by atoms with Crippen LogP contribution in [0, 0.1) is 0 Å². The van der Waals surface area contributed by atoms with Crippen molar-refractivity contribution >= 4 is 0 Å². The van der Waals surface area contributed by atoms with Gasteiger partial charge in [0.15, 0.2) is 6.29 Å². The van der Waals surface area contributed by atoms with Crippen LogP contribution in [0.15, 0.2) is 0 Å². The molecule has 0 aromatic heterocycles. The first kappa shape index (κ1) is 13.9. The minimum absolute atomic E-state index is 0.0310. The molecule has 1 saturated carbocycles. The molecule has 1 N–H and O–H groups in total. The SMILES string of the molecule is CCOC(CCNC1(CC)CCC1)OCC. The summed E-state index contributed by atoms with van der Waals surface area (Å²) in [6.45, 7) is 8.75. The van der Waals surface area contributed by atoms with Crippen molar-refractivity contribution in [2.24, 2.45) is 0 Å². The van der Waals surface area contributed by atoms with Crippen molar-refractivity contribution in [2.45, 2.75) is 64.7 Å². The van der Waals surface area contributed by atoms with Crippen LogP contribution in [0.25, 0.3) is 0 Å². The maximum atomic E-state index is 5.52. The predicted molar refractivity (Wildman–Crippen MR) is 66.5 cm³/mol. The molecule has 0 aromatic rings. The van der Waals surface area contributed by atoms with Crippen LogP contribution in [0.5, 0.6) is 0 Å². The molecule has 0 spiro atoms. The number of ether oxygens (including phenoxy) is 2. The van der Waals surface area contributed by atoms with Crippen LogP contribution < -0.4 is 5.32 Å². The van der Waals surface area contributed by atoms with E-state index in [9.17, 15) is 0 Å². The van der Waals surface area contributed by atoms with E-state index in [1.807, 2.05) is 13.8 Å². The lowest BCUT2D eigenvalue weighted by molar-refractivity contribution is -0.139. The summed E-state index contributed by atoms with van der Waals surface area (Å²) in [4.78, 5) is 0. The Morgan fingerprint density at radius 1 is 1.12 bits per heavy atom. The molecule has 0 saturated heterocycles. The minimum Gasteiger partial charge on any atom is -0.353 e. The Balaban J connectivity index is 2.16. The van der Waals surface area contributed by atoms with Crippen molar-refractivity contribution in [1.82, 2.24) is 5.32 Å². The Kier molecular flexibility index (Phi) is 6.32. The van der Waals surface area contributed by atoms with E-state index in [0.717, 1.165) is 26.2 Å². The van der Waals surface area contributed by atoms with Crippen molar-refractivity contribution in [1.29, 1.82) is 0 Å². The number of nitrogens with one attached hydrogen (secondary N) is 1. The second-order valence-corrected chi connectivity index (χ2v) is 4.54. The van der Waals surface area contributed by atoms with Crippen LogP contribution >= 0.6 is 0 Å². The van der Waals surface area contributed by atoms with Crippen LogP contribution in [0.3, 0.4) is 0 Å². The second-order valence-electron chi connectivity index (χ2n) is 4.54. The van der Waals surface area contributed by atoms with Crippen LogP contribution in [-0.4, -0.2) is 31.6 Å². The van der Waals surface area contributed by atoms with Gasteiger partial charge in [0.2, 0.25) is 0 Å². The van der Waals surface area contributed by atoms with Crippen molar-refractivity contribution in [3.8, 4) is 0 Å². The van der Waals surface area contributed by atoms with Crippen LogP contribution in [0.4, 0.5) is 0 Å². The van der Waals surface area contributed by atoms with Crippen molar-refractivity contribution < 1.29 is 9.47 Å². The fraction of sp³-hybridized carbons (Fsp3) is 1.00. The fourth-order valence-electron chi connectivity index (χ4n) is 2.30. The van der Waals surface area contributed by atoms with Gasteiger partial charge in [-0.15, -0.1) is 0 Å². The topological polar surface area (TPSA) is 30.5 Å². The summed E-state index contributed by atoms with van der Waals surface area (Å²) in [7, 11) is 0. The van der Waals surface area contributed by atoms with Crippen molar-refractivity contribution in [2.75, 3.05) is 19.8 Å². The quantitative estimate of drug-likeness (QED) is 0.617. The first-order valence-electron chi connectivity index (χ1n) is 6.74. The summed E-state index contributed by atoms with van der Waals surface area (Å²) in [5.41, 5.74) is 0.434. The van der Waals surface area contributed by atoms with Crippen LogP contribution in [0.1, 0.15) is 52.9 Å². The molecule has 0 heterocycles. The Morgan fingerprint density at radius 3 is 2.12 bits per heavy atom. The third kappa shape index (κ3) is 4.04. The van der Waals surface area contributed by atoms with E-state index < -0.39 is 0 Å². The van der Waals surface area contributed by atoms with Gasteiger partial charge in [0, 0.05) is 31.7 Å². The zero-order valence-corrected chi connectivity index (χ0v) is 11.1. The third-order valence-electron chi connectivity index (χ3n) is 3.57. The maximum Gasteiger partial charge on any atom is 0.158 e. The highest BCUT2D eigenvalue weighted by Crippen LogP contribution is 2.34. The van der Waals surface area contributed by atoms with Gasteiger partial charge in [-0.3, -0.25) is 0 Å². The number of hydrogen-bond acceptors (Lipinski definition) is 3. The average molecular weight is 229 g/mol. The molecule has 0 unspecified atom stereocenters. The highest BCUT2D eigenvalue weighted by atomic mass is 16.7. The first-order chi connectivity index (χ1) is 7.76. The Bertz CT molecular complexity index is 169. The summed E-state index contributed by atoms with van der Waals surface area (Å²) in [5, 5.41) is 3.67. The van der Waals surface area contributed by atoms with Crippen LogP contribution in [-0.2, 0) is 9.47 Å². The van der Waals surface area contributed by atoms with Gasteiger partial charge in [0.25, 0.3) is 0 Å². The monoisotopic (exact) mass is 229 g/mol. The summed E-state index contributed by atoms with van der Waals surface area (Å²) in [5.74, 6) is 0. The predicted octanol–water partition coefficient (Wildman–Crippen LogP) is 2.70. The van der Waals surface area contributed by atoms with E-state index in [2.05, 4.69) is 12.2 Å². The molecule has 1 aliphatic rings. The molecule has 1 fully saturated rings. The molecular formula is C13H27NO2. The van der Waals surface area contributed by atoms with E-state index in [0.29, 0.717) is 5.54 Å². The zero-order chi connectivity index (χ0) is 11.9. The summed E-state index contributed by atoms with van der Waals surface area (Å²) < 4.78 is 11.0. The summed E-state index contributed by atoms with van der Waals surface area (Å²) in [6.07, 6.45) is 6.19. The summed E-state index contributed by atoms with van der Waals surface area (Å²) >= 11 is 0. The number of rotatable bonds is 9. The molecule has 0 aromatic carbocycles. The lowest BCUT2D eigenvalue weighted by Gasteiger charge is -2.42. The molecule has 3 heteroatoms. The minimum atomic E-state index is -0.0310. The second kappa shape index (κ2) is 7.25. The van der Waals surface area contributed by atoms with E-state index in [1.54, 1.807) is 0 Å². The summed E-state index contributed by atoms with van der Waals surface area (Å²) in [6, 6.07) is 0. The highest BCUT2D eigenvalue weighted by Gasteiger charge is 2.34. The molecule has 96 valence electrons. The zero-order valence-electron chi connectivity index (χ0n) is 11.1. The third-order valence-corrected chi connectivity index (χ3v) is 3.57. The van der Waals surface area contributed by atoms with Gasteiger partial charge in [-0.05, 0) is 39.5 Å². The average Bonchev–Trinajstić information content (AvgIpc) is 2.22. The van der Waals surface area contributed by atoms with E-state index in [1.165, 1.54) is 25.7 Å². The molecule has 0 radical (unpaired) electrons. The Hall–Kier alpha value is -0.120.